The maximum absolute atomic E-state index is 11.6. The van der Waals surface area contributed by atoms with E-state index in [-0.39, 0.29) is 24.2 Å². The van der Waals surface area contributed by atoms with Crippen molar-refractivity contribution >= 4 is 34.8 Å². The maximum Gasteiger partial charge on any atom is 0.225 e. The highest BCUT2D eigenvalue weighted by Gasteiger charge is 2.27. The number of halogens is 1. The number of amides is 2. The van der Waals surface area contributed by atoms with Gasteiger partial charge in [0, 0.05) is 17.8 Å². The molecular formula is C10H11ClN2O2S. The van der Waals surface area contributed by atoms with E-state index in [9.17, 15) is 9.59 Å². The summed E-state index contributed by atoms with van der Waals surface area (Å²) in [6.45, 7) is 0.913. The number of carbonyl (C=O) groups is 2. The zero-order chi connectivity index (χ0) is 11.5. The van der Waals surface area contributed by atoms with Gasteiger partial charge in [-0.3, -0.25) is 9.59 Å². The normalized spacial score (nSPS) is 19.6. The van der Waals surface area contributed by atoms with Crippen molar-refractivity contribution in [3.8, 4) is 0 Å². The third kappa shape index (κ3) is 2.74. The van der Waals surface area contributed by atoms with E-state index in [2.05, 4.69) is 10.6 Å². The van der Waals surface area contributed by atoms with Gasteiger partial charge in [-0.2, -0.15) is 0 Å². The first-order valence-corrected chi connectivity index (χ1v) is 6.13. The number of nitrogens with one attached hydrogen (secondary N) is 2. The van der Waals surface area contributed by atoms with Crippen LogP contribution in [0.2, 0.25) is 4.34 Å². The Balaban J connectivity index is 1.82. The summed E-state index contributed by atoms with van der Waals surface area (Å²) in [4.78, 5) is 23.6. The Bertz CT molecular complexity index is 419. The van der Waals surface area contributed by atoms with Crippen LogP contribution in [0, 0.1) is 5.92 Å². The molecule has 2 heterocycles. The van der Waals surface area contributed by atoms with Crippen LogP contribution in [0.15, 0.2) is 12.1 Å². The molecule has 0 spiro atoms. The van der Waals surface area contributed by atoms with Gasteiger partial charge >= 0.3 is 0 Å². The van der Waals surface area contributed by atoms with Gasteiger partial charge in [0.1, 0.15) is 0 Å². The SMILES string of the molecule is O=C1CC(C(=O)NCc2ccc(Cl)s2)CN1. The van der Waals surface area contributed by atoms with Crippen molar-refractivity contribution in [2.45, 2.75) is 13.0 Å². The van der Waals surface area contributed by atoms with Crippen LogP contribution in [0.5, 0.6) is 0 Å². The molecule has 1 fully saturated rings. The van der Waals surface area contributed by atoms with E-state index >= 15 is 0 Å². The molecule has 4 nitrogen and oxygen atoms in total. The molecule has 1 atom stereocenters. The molecular weight excluding hydrogens is 248 g/mol. The molecule has 0 saturated carbocycles. The first-order valence-electron chi connectivity index (χ1n) is 4.94. The van der Waals surface area contributed by atoms with Gasteiger partial charge in [-0.05, 0) is 12.1 Å². The molecule has 1 aromatic rings. The minimum absolute atomic E-state index is 0.0562. The molecule has 2 rings (SSSR count). The van der Waals surface area contributed by atoms with Gasteiger partial charge in [0.25, 0.3) is 0 Å². The Hall–Kier alpha value is -1.07. The molecule has 1 aliphatic rings. The van der Waals surface area contributed by atoms with E-state index in [1.54, 1.807) is 6.07 Å². The fourth-order valence-electron chi connectivity index (χ4n) is 1.56. The molecule has 0 aromatic carbocycles. The molecule has 1 aromatic heterocycles. The average Bonchev–Trinajstić information content (AvgIpc) is 2.84. The minimum Gasteiger partial charge on any atom is -0.355 e. The quantitative estimate of drug-likeness (QED) is 0.855. The van der Waals surface area contributed by atoms with Crippen LogP contribution in [0.1, 0.15) is 11.3 Å². The van der Waals surface area contributed by atoms with Crippen LogP contribution < -0.4 is 10.6 Å². The first-order chi connectivity index (χ1) is 7.65. The predicted molar refractivity (Wildman–Crippen MR) is 62.3 cm³/mol. The highest BCUT2D eigenvalue weighted by atomic mass is 35.5. The lowest BCUT2D eigenvalue weighted by atomic mass is 10.1. The Kier molecular flexibility index (Phi) is 3.46. The summed E-state index contributed by atoms with van der Waals surface area (Å²) in [7, 11) is 0. The summed E-state index contributed by atoms with van der Waals surface area (Å²) in [5.41, 5.74) is 0. The second kappa shape index (κ2) is 4.84. The number of thiophene rings is 1. The van der Waals surface area contributed by atoms with Gasteiger partial charge in [-0.25, -0.2) is 0 Å². The fraction of sp³-hybridized carbons (Fsp3) is 0.400. The van der Waals surface area contributed by atoms with Crippen molar-refractivity contribution in [3.05, 3.63) is 21.3 Å². The zero-order valence-corrected chi connectivity index (χ0v) is 10.0. The number of rotatable bonds is 3. The summed E-state index contributed by atoms with van der Waals surface area (Å²) in [5, 5.41) is 5.43. The van der Waals surface area contributed by atoms with E-state index in [4.69, 9.17) is 11.6 Å². The molecule has 1 saturated heterocycles. The molecule has 16 heavy (non-hydrogen) atoms. The zero-order valence-electron chi connectivity index (χ0n) is 8.46. The summed E-state index contributed by atoms with van der Waals surface area (Å²) in [6, 6.07) is 3.68. The second-order valence-corrected chi connectivity index (χ2v) is 5.43. The summed E-state index contributed by atoms with van der Waals surface area (Å²) < 4.78 is 0.710. The summed E-state index contributed by atoms with van der Waals surface area (Å²) >= 11 is 7.21. The van der Waals surface area contributed by atoms with Gasteiger partial charge in [0.2, 0.25) is 11.8 Å². The van der Waals surface area contributed by atoms with Crippen molar-refractivity contribution in [3.63, 3.8) is 0 Å². The van der Waals surface area contributed by atoms with Crippen LogP contribution >= 0.6 is 22.9 Å². The van der Waals surface area contributed by atoms with Crippen molar-refractivity contribution in [1.82, 2.24) is 10.6 Å². The van der Waals surface area contributed by atoms with Crippen LogP contribution in [-0.2, 0) is 16.1 Å². The number of carbonyl (C=O) groups excluding carboxylic acids is 2. The van der Waals surface area contributed by atoms with Gasteiger partial charge in [-0.1, -0.05) is 11.6 Å². The maximum atomic E-state index is 11.6. The summed E-state index contributed by atoms with van der Waals surface area (Å²) in [5.74, 6) is -0.370. The monoisotopic (exact) mass is 258 g/mol. The van der Waals surface area contributed by atoms with E-state index in [1.807, 2.05) is 6.07 Å². The van der Waals surface area contributed by atoms with Gasteiger partial charge in [0.15, 0.2) is 0 Å². The smallest absolute Gasteiger partial charge is 0.225 e. The molecule has 0 aliphatic carbocycles. The average molecular weight is 259 g/mol. The van der Waals surface area contributed by atoms with E-state index in [0.29, 0.717) is 17.4 Å². The third-order valence-corrected chi connectivity index (χ3v) is 3.65. The van der Waals surface area contributed by atoms with Gasteiger partial charge in [-0.15, -0.1) is 11.3 Å². The first kappa shape index (κ1) is 11.4. The molecule has 86 valence electrons. The third-order valence-electron chi connectivity index (χ3n) is 2.41. The van der Waals surface area contributed by atoms with E-state index in [1.165, 1.54) is 11.3 Å². The highest BCUT2D eigenvalue weighted by Crippen LogP contribution is 2.21. The Labute approximate surface area is 102 Å². The largest absolute Gasteiger partial charge is 0.355 e. The van der Waals surface area contributed by atoms with Crippen LogP contribution in [0.4, 0.5) is 0 Å². The minimum atomic E-state index is -0.233. The Morgan fingerprint density at radius 1 is 1.62 bits per heavy atom. The Morgan fingerprint density at radius 3 is 3.00 bits per heavy atom. The molecule has 1 unspecified atom stereocenters. The lowest BCUT2D eigenvalue weighted by Gasteiger charge is -2.07. The van der Waals surface area contributed by atoms with E-state index in [0.717, 1.165) is 4.88 Å². The number of hydrogen-bond acceptors (Lipinski definition) is 3. The molecule has 2 N–H and O–H groups in total. The molecule has 1 aliphatic heterocycles. The number of hydrogen-bond donors (Lipinski definition) is 2. The molecule has 6 heteroatoms. The van der Waals surface area contributed by atoms with Crippen molar-refractivity contribution in [1.29, 1.82) is 0 Å². The Morgan fingerprint density at radius 2 is 2.44 bits per heavy atom. The fourth-order valence-corrected chi connectivity index (χ4v) is 2.58. The molecule has 2 amide bonds. The highest BCUT2D eigenvalue weighted by molar-refractivity contribution is 7.16. The lowest BCUT2D eigenvalue weighted by molar-refractivity contribution is -0.126. The van der Waals surface area contributed by atoms with Crippen molar-refractivity contribution < 1.29 is 9.59 Å². The topological polar surface area (TPSA) is 58.2 Å². The predicted octanol–water partition coefficient (Wildman–Crippen LogP) is 1.15. The van der Waals surface area contributed by atoms with Crippen LogP contribution in [0.25, 0.3) is 0 Å². The van der Waals surface area contributed by atoms with Crippen molar-refractivity contribution in [2.24, 2.45) is 5.92 Å². The molecule has 0 bridgehead atoms. The standard InChI is InChI=1S/C10H11ClN2O2S/c11-8-2-1-7(16-8)5-13-10(15)6-3-9(14)12-4-6/h1-2,6H,3-5H2,(H,12,14)(H,13,15). The van der Waals surface area contributed by atoms with Gasteiger partial charge < -0.3 is 10.6 Å². The van der Waals surface area contributed by atoms with Gasteiger partial charge in [0.05, 0.1) is 16.8 Å². The van der Waals surface area contributed by atoms with Crippen LogP contribution in [-0.4, -0.2) is 18.4 Å². The van der Waals surface area contributed by atoms with E-state index < -0.39 is 0 Å². The molecule has 0 radical (unpaired) electrons. The lowest BCUT2D eigenvalue weighted by Crippen LogP contribution is -2.31. The second-order valence-electron chi connectivity index (χ2n) is 3.63. The summed E-state index contributed by atoms with van der Waals surface area (Å²) in [6.07, 6.45) is 0.289. The van der Waals surface area contributed by atoms with Crippen molar-refractivity contribution in [2.75, 3.05) is 6.54 Å². The van der Waals surface area contributed by atoms with Crippen LogP contribution in [0.3, 0.4) is 0 Å².